The zero-order chi connectivity index (χ0) is 23.8. The van der Waals surface area contributed by atoms with E-state index < -0.39 is 5.97 Å². The number of amides is 1. The van der Waals surface area contributed by atoms with E-state index in [-0.39, 0.29) is 22.2 Å². The number of methoxy groups -OCH3 is 1. The number of benzene rings is 3. The number of nitrogens with one attached hydrogen (secondary N) is 1. The second kappa shape index (κ2) is 11.4. The van der Waals surface area contributed by atoms with E-state index in [4.69, 9.17) is 37.4 Å². The van der Waals surface area contributed by atoms with Crippen LogP contribution >= 0.6 is 23.2 Å². The molecule has 0 radical (unpaired) electrons. The van der Waals surface area contributed by atoms with Gasteiger partial charge in [-0.05, 0) is 73.2 Å². The Hall–Kier alpha value is -3.55. The second-order valence-corrected chi connectivity index (χ2v) is 7.40. The Balaban J connectivity index is 1.65. The van der Waals surface area contributed by atoms with Crippen LogP contribution in [0.3, 0.4) is 0 Å². The number of nitrogens with zero attached hydrogens (tertiary/aromatic N) is 1. The third kappa shape index (κ3) is 6.47. The van der Waals surface area contributed by atoms with Crippen LogP contribution in [0.2, 0.25) is 10.0 Å². The van der Waals surface area contributed by atoms with Crippen molar-refractivity contribution < 1.29 is 23.8 Å². The lowest BCUT2D eigenvalue weighted by atomic mass is 10.2. The maximum Gasteiger partial charge on any atom is 0.343 e. The van der Waals surface area contributed by atoms with Gasteiger partial charge in [0.05, 0.1) is 35.5 Å². The molecule has 33 heavy (non-hydrogen) atoms. The van der Waals surface area contributed by atoms with Crippen LogP contribution in [0.25, 0.3) is 0 Å². The number of carbonyl (C=O) groups excluding carboxylic acids is 2. The summed E-state index contributed by atoms with van der Waals surface area (Å²) >= 11 is 11.8. The maximum atomic E-state index is 12.4. The molecule has 3 aromatic rings. The van der Waals surface area contributed by atoms with Crippen LogP contribution in [0.15, 0.2) is 65.8 Å². The lowest BCUT2D eigenvalue weighted by molar-refractivity contribution is 0.0729. The van der Waals surface area contributed by atoms with Crippen molar-refractivity contribution in [1.29, 1.82) is 0 Å². The number of ether oxygens (including phenoxy) is 3. The first-order valence-corrected chi connectivity index (χ1v) is 10.6. The molecule has 0 aromatic heterocycles. The topological polar surface area (TPSA) is 86.2 Å². The molecule has 0 unspecified atom stereocenters. The lowest BCUT2D eigenvalue weighted by Crippen LogP contribution is -2.17. The molecule has 0 saturated carbocycles. The molecule has 1 amide bonds. The number of hydrogen-bond acceptors (Lipinski definition) is 6. The normalized spacial score (nSPS) is 10.7. The van der Waals surface area contributed by atoms with E-state index >= 15 is 0 Å². The molecule has 170 valence electrons. The van der Waals surface area contributed by atoms with Crippen molar-refractivity contribution in [3.8, 4) is 17.2 Å². The van der Waals surface area contributed by atoms with E-state index in [1.165, 1.54) is 31.5 Å². The van der Waals surface area contributed by atoms with Crippen LogP contribution < -0.4 is 19.6 Å². The molecule has 0 saturated heterocycles. The third-order valence-corrected chi connectivity index (χ3v) is 5.09. The fraction of sp³-hybridized carbons (Fsp3) is 0.125. The van der Waals surface area contributed by atoms with Gasteiger partial charge in [0, 0.05) is 5.56 Å². The number of esters is 1. The summed E-state index contributed by atoms with van der Waals surface area (Å²) in [4.78, 5) is 24.6. The average Bonchev–Trinajstić information content (AvgIpc) is 2.82. The Bertz CT molecular complexity index is 1180. The summed E-state index contributed by atoms with van der Waals surface area (Å²) in [6.07, 6.45) is 1.44. The highest BCUT2D eigenvalue weighted by molar-refractivity contribution is 6.42. The first-order valence-electron chi connectivity index (χ1n) is 9.82. The molecule has 0 bridgehead atoms. The van der Waals surface area contributed by atoms with E-state index in [0.29, 0.717) is 34.3 Å². The number of hydrogen-bond donors (Lipinski definition) is 1. The Labute approximate surface area is 200 Å². The first-order chi connectivity index (χ1) is 15.9. The van der Waals surface area contributed by atoms with Gasteiger partial charge < -0.3 is 14.2 Å². The number of rotatable bonds is 8. The fourth-order valence-electron chi connectivity index (χ4n) is 2.73. The molecule has 0 spiro atoms. The zero-order valence-electron chi connectivity index (χ0n) is 17.8. The lowest BCUT2D eigenvalue weighted by Gasteiger charge is -2.10. The Morgan fingerprint density at radius 1 is 0.939 bits per heavy atom. The van der Waals surface area contributed by atoms with Crippen molar-refractivity contribution >= 4 is 41.3 Å². The van der Waals surface area contributed by atoms with E-state index in [0.717, 1.165) is 0 Å². The summed E-state index contributed by atoms with van der Waals surface area (Å²) in [7, 11) is 1.44. The van der Waals surface area contributed by atoms with E-state index in [9.17, 15) is 9.59 Å². The molecule has 3 rings (SSSR count). The molecule has 9 heteroatoms. The van der Waals surface area contributed by atoms with Gasteiger partial charge in [-0.2, -0.15) is 5.10 Å². The molecule has 0 aliphatic carbocycles. The van der Waals surface area contributed by atoms with Gasteiger partial charge in [-0.25, -0.2) is 10.2 Å². The van der Waals surface area contributed by atoms with Crippen LogP contribution in [-0.4, -0.2) is 31.8 Å². The standard InChI is InChI=1S/C24H20Cl2N2O5/c1-3-32-18-8-5-16(6-9-18)23(29)28-27-14-15-4-11-21(22(12-15)31-2)33-24(30)17-7-10-19(25)20(26)13-17/h4-14H,3H2,1-2H3,(H,28,29). The molecular weight excluding hydrogens is 467 g/mol. The predicted molar refractivity (Wildman–Crippen MR) is 127 cm³/mol. The fourth-order valence-corrected chi connectivity index (χ4v) is 3.03. The highest BCUT2D eigenvalue weighted by Gasteiger charge is 2.14. The Kier molecular flexibility index (Phi) is 8.29. The molecule has 0 atom stereocenters. The van der Waals surface area contributed by atoms with Crippen molar-refractivity contribution in [2.75, 3.05) is 13.7 Å². The SMILES string of the molecule is CCOc1ccc(C(=O)NN=Cc2ccc(OC(=O)c3ccc(Cl)c(Cl)c3)c(OC)c2)cc1. The first kappa shape index (κ1) is 24.1. The molecular formula is C24H20Cl2N2O5. The highest BCUT2D eigenvalue weighted by atomic mass is 35.5. The maximum absolute atomic E-state index is 12.4. The van der Waals surface area contributed by atoms with Crippen LogP contribution in [0.5, 0.6) is 17.2 Å². The summed E-state index contributed by atoms with van der Waals surface area (Å²) in [6, 6.07) is 16.0. The minimum absolute atomic E-state index is 0.212. The van der Waals surface area contributed by atoms with Crippen molar-refractivity contribution in [1.82, 2.24) is 5.43 Å². The minimum Gasteiger partial charge on any atom is -0.494 e. The van der Waals surface area contributed by atoms with Gasteiger partial charge >= 0.3 is 5.97 Å². The third-order valence-electron chi connectivity index (χ3n) is 4.35. The molecule has 3 aromatic carbocycles. The van der Waals surface area contributed by atoms with Crippen molar-refractivity contribution in [3.05, 3.63) is 87.4 Å². The summed E-state index contributed by atoms with van der Waals surface area (Å²) in [5.41, 5.74) is 3.76. The van der Waals surface area contributed by atoms with Crippen LogP contribution in [0, 0.1) is 0 Å². The zero-order valence-corrected chi connectivity index (χ0v) is 19.3. The van der Waals surface area contributed by atoms with Crippen molar-refractivity contribution in [2.45, 2.75) is 6.92 Å². The number of hydrazone groups is 1. The Morgan fingerprint density at radius 2 is 1.67 bits per heavy atom. The van der Waals surface area contributed by atoms with E-state index in [2.05, 4.69) is 10.5 Å². The van der Waals surface area contributed by atoms with Gasteiger partial charge in [-0.3, -0.25) is 4.79 Å². The predicted octanol–water partition coefficient (Wildman–Crippen LogP) is 5.38. The van der Waals surface area contributed by atoms with Gasteiger partial charge in [0.15, 0.2) is 11.5 Å². The largest absolute Gasteiger partial charge is 0.494 e. The molecule has 1 N–H and O–H groups in total. The van der Waals surface area contributed by atoms with Gasteiger partial charge in [0.25, 0.3) is 5.91 Å². The minimum atomic E-state index is -0.615. The monoisotopic (exact) mass is 486 g/mol. The quantitative estimate of drug-likeness (QED) is 0.200. The summed E-state index contributed by atoms with van der Waals surface area (Å²) < 4.78 is 16.1. The summed E-state index contributed by atoms with van der Waals surface area (Å²) in [6.45, 7) is 2.43. The molecule has 0 aliphatic heterocycles. The molecule has 7 nitrogen and oxygen atoms in total. The highest BCUT2D eigenvalue weighted by Crippen LogP contribution is 2.29. The van der Waals surface area contributed by atoms with E-state index in [1.54, 1.807) is 42.5 Å². The van der Waals surface area contributed by atoms with Gasteiger partial charge in [0.2, 0.25) is 0 Å². The van der Waals surface area contributed by atoms with Crippen molar-refractivity contribution in [3.63, 3.8) is 0 Å². The summed E-state index contributed by atoms with van der Waals surface area (Å²) in [5.74, 6) is 0.225. The second-order valence-electron chi connectivity index (χ2n) is 6.59. The van der Waals surface area contributed by atoms with Gasteiger partial charge in [0.1, 0.15) is 5.75 Å². The number of carbonyl (C=O) groups is 2. The van der Waals surface area contributed by atoms with Gasteiger partial charge in [-0.15, -0.1) is 0 Å². The number of halogens is 2. The Morgan fingerprint density at radius 3 is 2.33 bits per heavy atom. The molecule has 0 aliphatic rings. The smallest absolute Gasteiger partial charge is 0.343 e. The van der Waals surface area contributed by atoms with Crippen LogP contribution in [0.1, 0.15) is 33.2 Å². The van der Waals surface area contributed by atoms with E-state index in [1.807, 2.05) is 6.92 Å². The van der Waals surface area contributed by atoms with Crippen molar-refractivity contribution in [2.24, 2.45) is 5.10 Å². The van der Waals surface area contributed by atoms with Gasteiger partial charge in [-0.1, -0.05) is 23.2 Å². The summed E-state index contributed by atoms with van der Waals surface area (Å²) in [5, 5.41) is 4.55. The average molecular weight is 487 g/mol. The molecule has 0 fully saturated rings. The van der Waals surface area contributed by atoms with Crippen LogP contribution in [-0.2, 0) is 0 Å². The van der Waals surface area contributed by atoms with Crippen LogP contribution in [0.4, 0.5) is 0 Å². The molecule has 0 heterocycles.